The van der Waals surface area contributed by atoms with E-state index in [4.69, 9.17) is 9.47 Å². The number of ether oxygens (including phenoxy) is 2. The van der Waals surface area contributed by atoms with E-state index in [1.807, 2.05) is 0 Å². The molecule has 4 rings (SSSR count). The molecular formula is C21H20FN5O5. The second-order valence-corrected chi connectivity index (χ2v) is 6.96. The Kier molecular flexibility index (Phi) is 5.63. The van der Waals surface area contributed by atoms with E-state index in [1.54, 1.807) is 35.2 Å². The smallest absolute Gasteiger partial charge is 0.333 e. The monoisotopic (exact) mass is 441 g/mol. The van der Waals surface area contributed by atoms with Crippen molar-refractivity contribution < 1.29 is 18.7 Å². The highest BCUT2D eigenvalue weighted by molar-refractivity contribution is 5.92. The number of halogens is 1. The van der Waals surface area contributed by atoms with Crippen molar-refractivity contribution in [3.8, 4) is 11.5 Å². The van der Waals surface area contributed by atoms with E-state index in [2.05, 4.69) is 10.4 Å². The van der Waals surface area contributed by atoms with Crippen LogP contribution in [0.4, 0.5) is 21.7 Å². The maximum atomic E-state index is 13.3. The molecule has 1 aliphatic rings. The van der Waals surface area contributed by atoms with E-state index < -0.39 is 29.4 Å². The first-order chi connectivity index (χ1) is 15.4. The molecule has 0 saturated carbocycles. The highest BCUT2D eigenvalue weighted by Gasteiger charge is 2.26. The summed E-state index contributed by atoms with van der Waals surface area (Å²) < 4.78 is 25.7. The minimum Gasteiger partial charge on any atom is -0.497 e. The molecule has 0 spiro atoms. The molecule has 2 heterocycles. The van der Waals surface area contributed by atoms with Crippen LogP contribution in [0, 0.1) is 5.82 Å². The third-order valence-electron chi connectivity index (χ3n) is 5.02. The number of nitrogens with one attached hydrogen (secondary N) is 1. The standard InChI is InChI=1S/C21H20FN5O5/c1-31-15-7-8-17(32-2)16(11-15)23-18(28)12-27-20(30)19(29)26-10-9-25(21(26)24-27)14-5-3-13(22)4-6-14/h3-8,11H,9-10,12H2,1-2H3,(H,23,28). The van der Waals surface area contributed by atoms with Crippen molar-refractivity contribution >= 4 is 23.2 Å². The van der Waals surface area contributed by atoms with Crippen LogP contribution in [0.25, 0.3) is 0 Å². The summed E-state index contributed by atoms with van der Waals surface area (Å²) in [6, 6.07) is 10.6. The fourth-order valence-electron chi connectivity index (χ4n) is 3.44. The first-order valence-corrected chi connectivity index (χ1v) is 9.68. The molecule has 166 valence electrons. The Balaban J connectivity index is 1.63. The molecule has 0 aliphatic carbocycles. The number of aromatic nitrogens is 3. The summed E-state index contributed by atoms with van der Waals surface area (Å²) in [5.74, 6) is 0.126. The Morgan fingerprint density at radius 3 is 2.50 bits per heavy atom. The number of carbonyl (C=O) groups excluding carboxylic acids is 1. The zero-order valence-electron chi connectivity index (χ0n) is 17.4. The van der Waals surface area contributed by atoms with Crippen molar-refractivity contribution in [2.24, 2.45) is 0 Å². The van der Waals surface area contributed by atoms with Crippen LogP contribution in [-0.4, -0.2) is 41.0 Å². The van der Waals surface area contributed by atoms with Gasteiger partial charge in [0.05, 0.1) is 19.9 Å². The zero-order chi connectivity index (χ0) is 22.8. The number of methoxy groups -OCH3 is 2. The van der Waals surface area contributed by atoms with Gasteiger partial charge in [-0.2, -0.15) is 0 Å². The average molecular weight is 441 g/mol. The Hall–Kier alpha value is -4.15. The molecule has 2 aromatic carbocycles. The van der Waals surface area contributed by atoms with Gasteiger partial charge in [-0.05, 0) is 36.4 Å². The molecule has 1 aromatic heterocycles. The third kappa shape index (κ3) is 3.92. The van der Waals surface area contributed by atoms with Crippen molar-refractivity contribution in [2.75, 3.05) is 31.0 Å². The Morgan fingerprint density at radius 1 is 1.06 bits per heavy atom. The summed E-state index contributed by atoms with van der Waals surface area (Å²) in [6.07, 6.45) is 0. The molecule has 0 unspecified atom stereocenters. The maximum Gasteiger partial charge on any atom is 0.333 e. The lowest BCUT2D eigenvalue weighted by molar-refractivity contribution is -0.117. The number of anilines is 3. The van der Waals surface area contributed by atoms with E-state index in [0.29, 0.717) is 29.4 Å². The molecule has 0 fully saturated rings. The Morgan fingerprint density at radius 2 is 1.81 bits per heavy atom. The highest BCUT2D eigenvalue weighted by atomic mass is 19.1. The number of rotatable bonds is 6. The van der Waals surface area contributed by atoms with Gasteiger partial charge in [0.2, 0.25) is 11.9 Å². The lowest BCUT2D eigenvalue weighted by Crippen LogP contribution is -2.44. The zero-order valence-corrected chi connectivity index (χ0v) is 17.4. The number of hydrogen-bond acceptors (Lipinski definition) is 7. The number of carbonyl (C=O) groups is 1. The average Bonchev–Trinajstić information content (AvgIpc) is 3.21. The largest absolute Gasteiger partial charge is 0.497 e. The molecule has 3 aromatic rings. The summed E-state index contributed by atoms with van der Waals surface area (Å²) in [4.78, 5) is 39.4. The normalized spacial score (nSPS) is 12.4. The molecule has 1 N–H and O–H groups in total. The molecule has 11 heteroatoms. The van der Waals surface area contributed by atoms with E-state index in [1.165, 1.54) is 30.9 Å². The molecule has 0 radical (unpaired) electrons. The Labute approximate surface area is 181 Å². The highest BCUT2D eigenvalue weighted by Crippen LogP contribution is 2.29. The van der Waals surface area contributed by atoms with Gasteiger partial charge < -0.3 is 19.7 Å². The summed E-state index contributed by atoms with van der Waals surface area (Å²) in [6.45, 7) is 0.145. The topological polar surface area (TPSA) is 108 Å². The van der Waals surface area contributed by atoms with Gasteiger partial charge in [-0.25, -0.2) is 9.07 Å². The number of hydrogen-bond donors (Lipinski definition) is 1. The van der Waals surface area contributed by atoms with Crippen molar-refractivity contribution in [2.45, 2.75) is 13.1 Å². The van der Waals surface area contributed by atoms with Gasteiger partial charge in [-0.15, -0.1) is 5.10 Å². The van der Waals surface area contributed by atoms with Gasteiger partial charge in [0.15, 0.2) is 0 Å². The van der Waals surface area contributed by atoms with Crippen molar-refractivity contribution in [1.29, 1.82) is 0 Å². The van der Waals surface area contributed by atoms with Gasteiger partial charge in [0, 0.05) is 24.8 Å². The van der Waals surface area contributed by atoms with E-state index in [9.17, 15) is 18.8 Å². The second-order valence-electron chi connectivity index (χ2n) is 6.96. The summed E-state index contributed by atoms with van der Waals surface area (Å²) >= 11 is 0. The number of amides is 1. The molecule has 10 nitrogen and oxygen atoms in total. The molecule has 0 bridgehead atoms. The van der Waals surface area contributed by atoms with Crippen LogP contribution < -0.4 is 30.8 Å². The molecule has 32 heavy (non-hydrogen) atoms. The van der Waals surface area contributed by atoms with E-state index in [0.717, 1.165) is 4.68 Å². The lowest BCUT2D eigenvalue weighted by atomic mass is 10.2. The molecule has 0 saturated heterocycles. The SMILES string of the molecule is COc1ccc(OC)c(NC(=O)Cn2nc3n(c(=O)c2=O)CCN3c2ccc(F)cc2)c1. The van der Waals surface area contributed by atoms with Crippen LogP contribution in [0.3, 0.4) is 0 Å². The van der Waals surface area contributed by atoms with Crippen LogP contribution in [-0.2, 0) is 17.9 Å². The maximum absolute atomic E-state index is 13.3. The summed E-state index contributed by atoms with van der Waals surface area (Å²) in [5.41, 5.74) is -0.745. The molecule has 0 atom stereocenters. The van der Waals surface area contributed by atoms with Crippen LogP contribution >= 0.6 is 0 Å². The number of fused-ring (bicyclic) bond motifs is 1. The van der Waals surface area contributed by atoms with Crippen LogP contribution in [0.1, 0.15) is 0 Å². The van der Waals surface area contributed by atoms with Crippen molar-refractivity contribution in [3.63, 3.8) is 0 Å². The van der Waals surface area contributed by atoms with Gasteiger partial charge >= 0.3 is 11.1 Å². The van der Waals surface area contributed by atoms with Gasteiger partial charge in [0.1, 0.15) is 23.9 Å². The van der Waals surface area contributed by atoms with Crippen molar-refractivity contribution in [1.82, 2.24) is 14.3 Å². The predicted octanol–water partition coefficient (Wildman–Crippen LogP) is 1.35. The lowest BCUT2D eigenvalue weighted by Gasteiger charge is -2.18. The fraction of sp³-hybridized carbons (Fsp3) is 0.238. The van der Waals surface area contributed by atoms with Gasteiger partial charge in [-0.1, -0.05) is 0 Å². The first kappa shape index (κ1) is 21.1. The van der Waals surface area contributed by atoms with Crippen LogP contribution in [0.5, 0.6) is 11.5 Å². The predicted molar refractivity (Wildman–Crippen MR) is 114 cm³/mol. The summed E-state index contributed by atoms with van der Waals surface area (Å²) in [7, 11) is 2.94. The minimum atomic E-state index is -0.914. The van der Waals surface area contributed by atoms with E-state index in [-0.39, 0.29) is 12.5 Å². The summed E-state index contributed by atoms with van der Waals surface area (Å²) in [5, 5.41) is 6.87. The molecule has 1 aliphatic heterocycles. The number of benzene rings is 2. The van der Waals surface area contributed by atoms with Crippen LogP contribution in [0.2, 0.25) is 0 Å². The van der Waals surface area contributed by atoms with E-state index >= 15 is 0 Å². The number of nitrogens with zero attached hydrogens (tertiary/aromatic N) is 4. The minimum absolute atomic E-state index is 0.202. The fourth-order valence-corrected chi connectivity index (χ4v) is 3.44. The van der Waals surface area contributed by atoms with Crippen LogP contribution in [0.15, 0.2) is 52.1 Å². The Bertz CT molecular complexity index is 1290. The third-order valence-corrected chi connectivity index (χ3v) is 5.02. The quantitative estimate of drug-likeness (QED) is 0.576. The van der Waals surface area contributed by atoms with Gasteiger partial charge in [0.25, 0.3) is 0 Å². The first-order valence-electron chi connectivity index (χ1n) is 9.68. The molecule has 1 amide bonds. The van der Waals surface area contributed by atoms with Crippen molar-refractivity contribution in [3.05, 3.63) is 69.0 Å². The second kappa shape index (κ2) is 8.53. The molecular weight excluding hydrogens is 421 g/mol. The van der Waals surface area contributed by atoms with Gasteiger partial charge in [-0.3, -0.25) is 19.0 Å².